The van der Waals surface area contributed by atoms with Gasteiger partial charge in [0.05, 0.1) is 5.56 Å². The fourth-order valence-corrected chi connectivity index (χ4v) is 2.09. The van der Waals surface area contributed by atoms with Crippen LogP contribution in [0.3, 0.4) is 0 Å². The molecule has 5 nitrogen and oxygen atoms in total. The molecule has 0 aliphatic carbocycles. The monoisotopic (exact) mass is 323 g/mol. The summed E-state index contributed by atoms with van der Waals surface area (Å²) in [7, 11) is 1.86. The van der Waals surface area contributed by atoms with Gasteiger partial charge in [-0.15, -0.1) is 0 Å². The minimum absolute atomic E-state index is 0.0348. The molecular formula is C13H14BrN3O2. The van der Waals surface area contributed by atoms with Gasteiger partial charge < -0.3 is 10.4 Å². The van der Waals surface area contributed by atoms with Gasteiger partial charge in [0.1, 0.15) is 5.75 Å². The lowest BCUT2D eigenvalue weighted by Gasteiger charge is -2.07. The molecule has 1 heterocycles. The Morgan fingerprint density at radius 1 is 1.47 bits per heavy atom. The first-order valence-electron chi connectivity index (χ1n) is 5.81. The highest BCUT2D eigenvalue weighted by Gasteiger charge is 2.10. The van der Waals surface area contributed by atoms with Crippen molar-refractivity contribution >= 4 is 21.8 Å². The van der Waals surface area contributed by atoms with Crippen LogP contribution >= 0.6 is 15.9 Å². The van der Waals surface area contributed by atoms with Gasteiger partial charge in [-0.05, 0) is 24.3 Å². The molecule has 19 heavy (non-hydrogen) atoms. The highest BCUT2D eigenvalue weighted by atomic mass is 79.9. The second-order valence-electron chi connectivity index (χ2n) is 4.11. The largest absolute Gasteiger partial charge is 0.507 e. The van der Waals surface area contributed by atoms with E-state index in [1.165, 1.54) is 6.07 Å². The average molecular weight is 324 g/mol. The van der Waals surface area contributed by atoms with E-state index in [1.54, 1.807) is 23.0 Å². The molecule has 0 aliphatic rings. The molecule has 2 rings (SSSR count). The number of rotatable bonds is 4. The number of aromatic nitrogens is 2. The van der Waals surface area contributed by atoms with Crippen LogP contribution < -0.4 is 5.32 Å². The summed E-state index contributed by atoms with van der Waals surface area (Å²) < 4.78 is 2.50. The Labute approximate surface area is 119 Å². The second kappa shape index (κ2) is 5.88. The van der Waals surface area contributed by atoms with Crippen LogP contribution in [0.15, 0.2) is 34.9 Å². The maximum absolute atomic E-state index is 11.9. The van der Waals surface area contributed by atoms with Crippen LogP contribution in [0.1, 0.15) is 16.1 Å². The van der Waals surface area contributed by atoms with Crippen LogP contribution in [0.5, 0.6) is 5.75 Å². The van der Waals surface area contributed by atoms with E-state index in [0.29, 0.717) is 13.0 Å². The number of amides is 1. The fraction of sp³-hybridized carbons (Fsp3) is 0.231. The maximum Gasteiger partial charge on any atom is 0.255 e. The minimum Gasteiger partial charge on any atom is -0.507 e. The van der Waals surface area contributed by atoms with E-state index < -0.39 is 0 Å². The van der Waals surface area contributed by atoms with Crippen molar-refractivity contribution in [2.75, 3.05) is 6.54 Å². The average Bonchev–Trinajstić information content (AvgIpc) is 2.75. The summed E-state index contributed by atoms with van der Waals surface area (Å²) in [5.41, 5.74) is 1.31. The molecule has 6 heteroatoms. The van der Waals surface area contributed by atoms with Crippen LogP contribution in [0, 0.1) is 0 Å². The lowest BCUT2D eigenvalue weighted by molar-refractivity contribution is 0.0951. The summed E-state index contributed by atoms with van der Waals surface area (Å²) >= 11 is 3.23. The summed E-state index contributed by atoms with van der Waals surface area (Å²) in [5.74, 6) is -0.320. The Balaban J connectivity index is 1.93. The fourth-order valence-electron chi connectivity index (χ4n) is 1.74. The molecule has 2 N–H and O–H groups in total. The number of hydrogen-bond donors (Lipinski definition) is 2. The van der Waals surface area contributed by atoms with Gasteiger partial charge >= 0.3 is 0 Å². The lowest BCUT2D eigenvalue weighted by atomic mass is 10.2. The van der Waals surface area contributed by atoms with Crippen molar-refractivity contribution in [1.82, 2.24) is 15.1 Å². The van der Waals surface area contributed by atoms with E-state index in [0.717, 1.165) is 10.2 Å². The first-order chi connectivity index (χ1) is 9.08. The van der Waals surface area contributed by atoms with Crippen LogP contribution in [-0.2, 0) is 13.5 Å². The van der Waals surface area contributed by atoms with Crippen molar-refractivity contribution in [2.45, 2.75) is 6.42 Å². The third-order valence-electron chi connectivity index (χ3n) is 2.79. The van der Waals surface area contributed by atoms with E-state index >= 15 is 0 Å². The third kappa shape index (κ3) is 3.35. The standard InChI is InChI=1S/C13H14BrN3O2/c1-17-10(5-7-16-17)4-6-15-13(19)11-3-2-9(14)8-12(11)18/h2-3,5,7-8,18H,4,6H2,1H3,(H,15,19). The number of carbonyl (C=O) groups is 1. The van der Waals surface area contributed by atoms with E-state index in [9.17, 15) is 9.90 Å². The molecule has 1 aromatic heterocycles. The number of nitrogens with one attached hydrogen (secondary N) is 1. The topological polar surface area (TPSA) is 67.2 Å². The second-order valence-corrected chi connectivity index (χ2v) is 5.03. The normalized spacial score (nSPS) is 10.4. The maximum atomic E-state index is 11.9. The summed E-state index contributed by atoms with van der Waals surface area (Å²) in [6, 6.07) is 6.70. The Morgan fingerprint density at radius 2 is 2.26 bits per heavy atom. The molecular weight excluding hydrogens is 310 g/mol. The molecule has 2 aromatic rings. The first-order valence-corrected chi connectivity index (χ1v) is 6.61. The highest BCUT2D eigenvalue weighted by Crippen LogP contribution is 2.21. The Hall–Kier alpha value is -1.82. The van der Waals surface area contributed by atoms with Gasteiger partial charge in [0.2, 0.25) is 0 Å². The number of carbonyl (C=O) groups excluding carboxylic acids is 1. The van der Waals surface area contributed by atoms with Gasteiger partial charge in [0, 0.05) is 36.4 Å². The number of phenolic OH excluding ortho intramolecular Hbond substituents is 1. The zero-order valence-electron chi connectivity index (χ0n) is 10.4. The molecule has 0 saturated heterocycles. The van der Waals surface area contributed by atoms with Gasteiger partial charge in [-0.25, -0.2) is 0 Å². The molecule has 100 valence electrons. The molecule has 0 radical (unpaired) electrons. The van der Waals surface area contributed by atoms with Crippen molar-refractivity contribution in [3.63, 3.8) is 0 Å². The van der Waals surface area contributed by atoms with Gasteiger partial charge in [-0.3, -0.25) is 9.48 Å². The van der Waals surface area contributed by atoms with Gasteiger partial charge in [-0.2, -0.15) is 5.10 Å². The number of benzene rings is 1. The molecule has 0 fully saturated rings. The number of aromatic hydroxyl groups is 1. The van der Waals surface area contributed by atoms with E-state index in [4.69, 9.17) is 0 Å². The lowest BCUT2D eigenvalue weighted by Crippen LogP contribution is -2.26. The molecule has 1 aromatic carbocycles. The summed E-state index contributed by atoms with van der Waals surface area (Å²) in [4.78, 5) is 11.9. The van der Waals surface area contributed by atoms with E-state index in [2.05, 4.69) is 26.3 Å². The van der Waals surface area contributed by atoms with Crippen molar-refractivity contribution in [2.24, 2.45) is 7.05 Å². The minimum atomic E-state index is -0.285. The molecule has 1 amide bonds. The number of halogens is 1. The quantitative estimate of drug-likeness (QED) is 0.902. The smallest absolute Gasteiger partial charge is 0.255 e. The molecule has 0 spiro atoms. The zero-order chi connectivity index (χ0) is 13.8. The Kier molecular flexibility index (Phi) is 4.21. The van der Waals surface area contributed by atoms with Crippen LogP contribution in [0.2, 0.25) is 0 Å². The number of phenols is 1. The van der Waals surface area contributed by atoms with Crippen LogP contribution in [-0.4, -0.2) is 27.3 Å². The van der Waals surface area contributed by atoms with Crippen molar-refractivity contribution in [1.29, 1.82) is 0 Å². The SMILES string of the molecule is Cn1nccc1CCNC(=O)c1ccc(Br)cc1O. The van der Waals surface area contributed by atoms with Crippen molar-refractivity contribution in [3.05, 3.63) is 46.2 Å². The predicted octanol–water partition coefficient (Wildman–Crippen LogP) is 1.86. The molecule has 0 saturated carbocycles. The van der Waals surface area contributed by atoms with Crippen LogP contribution in [0.4, 0.5) is 0 Å². The molecule has 0 bridgehead atoms. The Morgan fingerprint density at radius 3 is 2.89 bits per heavy atom. The molecule has 0 unspecified atom stereocenters. The van der Waals surface area contributed by atoms with Gasteiger partial charge in [0.15, 0.2) is 0 Å². The highest BCUT2D eigenvalue weighted by molar-refractivity contribution is 9.10. The van der Waals surface area contributed by atoms with E-state index in [-0.39, 0.29) is 17.2 Å². The number of aryl methyl sites for hydroxylation is 1. The molecule has 0 aliphatic heterocycles. The van der Waals surface area contributed by atoms with E-state index in [1.807, 2.05) is 13.1 Å². The summed E-state index contributed by atoms with van der Waals surface area (Å²) in [6.07, 6.45) is 2.41. The van der Waals surface area contributed by atoms with Crippen molar-refractivity contribution in [3.8, 4) is 5.75 Å². The van der Waals surface area contributed by atoms with Crippen LogP contribution in [0.25, 0.3) is 0 Å². The first kappa shape index (κ1) is 13.6. The zero-order valence-corrected chi connectivity index (χ0v) is 12.0. The number of hydrogen-bond acceptors (Lipinski definition) is 3. The Bertz CT molecular complexity index is 595. The summed E-state index contributed by atoms with van der Waals surface area (Å²) in [6.45, 7) is 0.494. The predicted molar refractivity (Wildman–Crippen MR) is 75.1 cm³/mol. The third-order valence-corrected chi connectivity index (χ3v) is 3.29. The number of nitrogens with zero attached hydrogens (tertiary/aromatic N) is 2. The molecule has 0 atom stereocenters. The van der Waals surface area contributed by atoms with Gasteiger partial charge in [0.25, 0.3) is 5.91 Å². The summed E-state index contributed by atoms with van der Waals surface area (Å²) in [5, 5.41) is 16.5. The van der Waals surface area contributed by atoms with Gasteiger partial charge in [-0.1, -0.05) is 15.9 Å². The van der Waals surface area contributed by atoms with Crippen molar-refractivity contribution < 1.29 is 9.90 Å².